The van der Waals surface area contributed by atoms with Gasteiger partial charge in [-0.2, -0.15) is 0 Å². The second kappa shape index (κ2) is 7.34. The summed E-state index contributed by atoms with van der Waals surface area (Å²) in [5.41, 5.74) is 1.90. The zero-order valence-corrected chi connectivity index (χ0v) is 12.1. The van der Waals surface area contributed by atoms with Gasteiger partial charge < -0.3 is 10.1 Å². The van der Waals surface area contributed by atoms with Crippen LogP contribution in [0.4, 0.5) is 5.13 Å². The minimum absolute atomic E-state index is 0.154. The maximum atomic E-state index is 12.1. The predicted molar refractivity (Wildman–Crippen MR) is 78.5 cm³/mol. The Balaban J connectivity index is 1.91. The Morgan fingerprint density at radius 2 is 2.14 bits per heavy atom. The number of hydrogen-bond acceptors (Lipinski definition) is 6. The van der Waals surface area contributed by atoms with Gasteiger partial charge in [0.2, 0.25) is 11.0 Å². The Morgan fingerprint density at radius 3 is 2.86 bits per heavy atom. The van der Waals surface area contributed by atoms with Gasteiger partial charge in [-0.05, 0) is 19.1 Å². The van der Waals surface area contributed by atoms with E-state index in [0.29, 0.717) is 23.1 Å². The van der Waals surface area contributed by atoms with Crippen molar-refractivity contribution < 1.29 is 14.3 Å². The van der Waals surface area contributed by atoms with Crippen LogP contribution >= 0.6 is 11.3 Å². The van der Waals surface area contributed by atoms with Crippen LogP contribution in [0.25, 0.3) is 0 Å². The van der Waals surface area contributed by atoms with Gasteiger partial charge in [-0.15, -0.1) is 10.2 Å². The third-order valence-corrected chi connectivity index (χ3v) is 3.05. The highest BCUT2D eigenvalue weighted by Crippen LogP contribution is 2.17. The van der Waals surface area contributed by atoms with Crippen molar-refractivity contribution in [1.82, 2.24) is 15.5 Å². The molecule has 2 amide bonds. The molecular formula is C13H14N4O3S. The molecular weight excluding hydrogens is 292 g/mol. The number of ether oxygens (including phenoxy) is 1. The number of carbonyl (C=O) groups is 2. The topological polar surface area (TPSA) is 93.2 Å². The zero-order valence-electron chi connectivity index (χ0n) is 11.3. The van der Waals surface area contributed by atoms with Crippen molar-refractivity contribution in [3.63, 3.8) is 0 Å². The van der Waals surface area contributed by atoms with Gasteiger partial charge in [-0.25, -0.2) is 0 Å². The number of amides is 2. The molecule has 0 bridgehead atoms. The Hall–Kier alpha value is -2.48. The van der Waals surface area contributed by atoms with E-state index >= 15 is 0 Å². The maximum absolute atomic E-state index is 12.1. The largest absolute Gasteiger partial charge is 0.493 e. The molecule has 8 heteroatoms. The molecule has 1 aromatic heterocycles. The minimum atomic E-state index is -0.369. The van der Waals surface area contributed by atoms with E-state index in [1.165, 1.54) is 16.8 Å². The van der Waals surface area contributed by atoms with Crippen LogP contribution in [0, 0.1) is 0 Å². The van der Waals surface area contributed by atoms with Crippen LogP contribution in [0.5, 0.6) is 5.75 Å². The summed E-state index contributed by atoms with van der Waals surface area (Å²) in [5, 5.41) is 12.7. The average Bonchev–Trinajstić information content (AvgIpc) is 2.98. The third kappa shape index (κ3) is 4.25. The zero-order chi connectivity index (χ0) is 15.1. The van der Waals surface area contributed by atoms with Gasteiger partial charge in [0, 0.05) is 0 Å². The monoisotopic (exact) mass is 306 g/mol. The van der Waals surface area contributed by atoms with Crippen molar-refractivity contribution >= 4 is 28.3 Å². The normalized spacial score (nSPS) is 9.95. The molecule has 1 heterocycles. The number of rotatable bonds is 6. The van der Waals surface area contributed by atoms with Gasteiger partial charge in [0.15, 0.2) is 0 Å². The molecule has 0 aliphatic rings. The minimum Gasteiger partial charge on any atom is -0.493 e. The first kappa shape index (κ1) is 14.9. The van der Waals surface area contributed by atoms with Gasteiger partial charge in [-0.3, -0.25) is 14.9 Å². The average molecular weight is 306 g/mol. The number of nitrogens with zero attached hydrogens (tertiary/aromatic N) is 2. The molecule has 0 aliphatic heterocycles. The second-order valence-electron chi connectivity index (χ2n) is 3.90. The van der Waals surface area contributed by atoms with E-state index in [9.17, 15) is 9.59 Å². The van der Waals surface area contributed by atoms with Crippen LogP contribution in [-0.2, 0) is 4.79 Å². The van der Waals surface area contributed by atoms with Gasteiger partial charge >= 0.3 is 0 Å². The molecule has 0 spiro atoms. The van der Waals surface area contributed by atoms with Crippen molar-refractivity contribution in [1.29, 1.82) is 0 Å². The van der Waals surface area contributed by atoms with E-state index in [-0.39, 0.29) is 18.4 Å². The molecule has 7 nitrogen and oxygen atoms in total. The summed E-state index contributed by atoms with van der Waals surface area (Å²) in [6.45, 7) is 2.14. The summed E-state index contributed by atoms with van der Waals surface area (Å²) in [5.74, 6) is -0.248. The molecule has 0 radical (unpaired) electrons. The highest BCUT2D eigenvalue weighted by molar-refractivity contribution is 7.13. The molecule has 110 valence electrons. The fourth-order valence-corrected chi connectivity index (χ4v) is 2.04. The fraction of sp³-hybridized carbons (Fsp3) is 0.231. The summed E-state index contributed by atoms with van der Waals surface area (Å²) in [6, 6.07) is 6.87. The quantitative estimate of drug-likeness (QED) is 0.839. The standard InChI is InChI=1S/C13H14N4O3S/c1-2-20-10-6-4-3-5-9(10)12(19)14-7-11(18)16-13-17-15-8-21-13/h3-6,8H,2,7H2,1H3,(H,14,19)(H,16,17,18). The lowest BCUT2D eigenvalue weighted by Gasteiger charge is -2.10. The molecule has 0 atom stereocenters. The van der Waals surface area contributed by atoms with Gasteiger partial charge in [0.1, 0.15) is 11.3 Å². The molecule has 0 saturated heterocycles. The number of aromatic nitrogens is 2. The lowest BCUT2D eigenvalue weighted by atomic mass is 10.2. The molecule has 2 N–H and O–H groups in total. The molecule has 0 fully saturated rings. The summed E-state index contributed by atoms with van der Waals surface area (Å²) in [4.78, 5) is 23.7. The van der Waals surface area contributed by atoms with Gasteiger partial charge in [0.05, 0.1) is 18.7 Å². The van der Waals surface area contributed by atoms with Crippen LogP contribution in [0.15, 0.2) is 29.8 Å². The van der Waals surface area contributed by atoms with Gasteiger partial charge in [0.25, 0.3) is 5.91 Å². The molecule has 2 rings (SSSR count). The van der Waals surface area contributed by atoms with E-state index in [2.05, 4.69) is 20.8 Å². The third-order valence-electron chi connectivity index (χ3n) is 2.45. The van der Waals surface area contributed by atoms with Crippen LogP contribution in [0.3, 0.4) is 0 Å². The number of anilines is 1. The van der Waals surface area contributed by atoms with E-state index in [4.69, 9.17) is 4.74 Å². The van der Waals surface area contributed by atoms with Crippen LogP contribution in [-0.4, -0.2) is 35.2 Å². The highest BCUT2D eigenvalue weighted by Gasteiger charge is 2.13. The Labute approximate surface area is 125 Å². The molecule has 0 aliphatic carbocycles. The Morgan fingerprint density at radius 1 is 1.33 bits per heavy atom. The molecule has 21 heavy (non-hydrogen) atoms. The lowest BCUT2D eigenvalue weighted by Crippen LogP contribution is -2.33. The number of carbonyl (C=O) groups excluding carboxylic acids is 2. The lowest BCUT2D eigenvalue weighted by molar-refractivity contribution is -0.115. The first-order chi connectivity index (χ1) is 10.2. The van der Waals surface area contributed by atoms with Crippen molar-refractivity contribution in [2.45, 2.75) is 6.92 Å². The Kier molecular flexibility index (Phi) is 5.22. The van der Waals surface area contributed by atoms with Crippen LogP contribution < -0.4 is 15.4 Å². The first-order valence-electron chi connectivity index (χ1n) is 6.26. The molecule has 0 unspecified atom stereocenters. The second-order valence-corrected chi connectivity index (χ2v) is 4.74. The first-order valence-corrected chi connectivity index (χ1v) is 7.14. The smallest absolute Gasteiger partial charge is 0.255 e. The fourth-order valence-electron chi connectivity index (χ4n) is 1.58. The highest BCUT2D eigenvalue weighted by atomic mass is 32.1. The molecule has 1 aromatic carbocycles. The number of hydrogen-bond donors (Lipinski definition) is 2. The molecule has 2 aromatic rings. The SMILES string of the molecule is CCOc1ccccc1C(=O)NCC(=O)Nc1nncs1. The van der Waals surface area contributed by atoms with Crippen LogP contribution in [0.1, 0.15) is 17.3 Å². The van der Waals surface area contributed by atoms with Crippen LogP contribution in [0.2, 0.25) is 0 Å². The molecule has 0 saturated carbocycles. The van der Waals surface area contributed by atoms with E-state index in [0.717, 1.165) is 0 Å². The van der Waals surface area contributed by atoms with Crippen molar-refractivity contribution in [2.24, 2.45) is 0 Å². The van der Waals surface area contributed by atoms with Gasteiger partial charge in [-0.1, -0.05) is 23.5 Å². The van der Waals surface area contributed by atoms with E-state index in [1.807, 2.05) is 6.92 Å². The van der Waals surface area contributed by atoms with E-state index < -0.39 is 0 Å². The van der Waals surface area contributed by atoms with Crippen molar-refractivity contribution in [3.8, 4) is 5.75 Å². The predicted octanol–water partition coefficient (Wildman–Crippen LogP) is 1.31. The summed E-state index contributed by atoms with van der Waals surface area (Å²) in [7, 11) is 0. The number of nitrogens with one attached hydrogen (secondary N) is 2. The Bertz CT molecular complexity index is 616. The van der Waals surface area contributed by atoms with Crippen molar-refractivity contribution in [2.75, 3.05) is 18.5 Å². The maximum Gasteiger partial charge on any atom is 0.255 e. The summed E-state index contributed by atoms with van der Waals surface area (Å²) < 4.78 is 5.37. The summed E-state index contributed by atoms with van der Waals surface area (Å²) >= 11 is 1.20. The van der Waals surface area contributed by atoms with E-state index in [1.54, 1.807) is 24.3 Å². The number of benzene rings is 1. The number of para-hydroxylation sites is 1. The van der Waals surface area contributed by atoms with Crippen molar-refractivity contribution in [3.05, 3.63) is 35.3 Å². The summed E-state index contributed by atoms with van der Waals surface area (Å²) in [6.07, 6.45) is 0.